The fourth-order valence-electron chi connectivity index (χ4n) is 2.80. The molecule has 6 nitrogen and oxygen atoms in total. The van der Waals surface area contributed by atoms with E-state index in [1.54, 1.807) is 30.3 Å². The Kier molecular flexibility index (Phi) is 5.70. The SMILES string of the molecule is N#Cc1ccc(NNC(=O)c2ccc(N3CCOCC3)cc2)c(C(F)(F)F)c1. The highest BCUT2D eigenvalue weighted by atomic mass is 19.4. The number of carbonyl (C=O) groups is 1. The Hall–Kier alpha value is -3.25. The second-order valence-corrected chi connectivity index (χ2v) is 6.10. The molecule has 0 aliphatic carbocycles. The van der Waals surface area contributed by atoms with E-state index in [0.29, 0.717) is 18.8 Å². The van der Waals surface area contributed by atoms with Crippen molar-refractivity contribution in [3.63, 3.8) is 0 Å². The third-order valence-electron chi connectivity index (χ3n) is 4.27. The molecule has 0 unspecified atom stereocenters. The molecule has 146 valence electrons. The quantitative estimate of drug-likeness (QED) is 0.785. The molecule has 1 fully saturated rings. The number of carbonyl (C=O) groups excluding carboxylic acids is 1. The lowest BCUT2D eigenvalue weighted by Crippen LogP contribution is -2.36. The van der Waals surface area contributed by atoms with Crippen LogP contribution in [0.5, 0.6) is 0 Å². The number of nitrogens with one attached hydrogen (secondary N) is 2. The number of rotatable bonds is 4. The molecule has 9 heteroatoms. The molecular formula is C19H17F3N4O2. The van der Waals surface area contributed by atoms with Gasteiger partial charge in [0.05, 0.1) is 36.1 Å². The minimum Gasteiger partial charge on any atom is -0.378 e. The van der Waals surface area contributed by atoms with Gasteiger partial charge in [-0.1, -0.05) is 0 Å². The number of anilines is 2. The topological polar surface area (TPSA) is 77.4 Å². The Bertz CT molecular complexity index is 886. The van der Waals surface area contributed by atoms with Gasteiger partial charge in [-0.05, 0) is 42.5 Å². The van der Waals surface area contributed by atoms with Crippen LogP contribution < -0.4 is 15.8 Å². The van der Waals surface area contributed by atoms with Crippen molar-refractivity contribution in [2.75, 3.05) is 36.6 Å². The molecule has 1 saturated heterocycles. The molecule has 1 aliphatic heterocycles. The summed E-state index contributed by atoms with van der Waals surface area (Å²) in [6, 6.07) is 11.5. The summed E-state index contributed by atoms with van der Waals surface area (Å²) in [5.41, 5.74) is 4.29. The van der Waals surface area contributed by atoms with Gasteiger partial charge in [-0.25, -0.2) is 0 Å². The molecule has 0 saturated carbocycles. The summed E-state index contributed by atoms with van der Waals surface area (Å²) in [4.78, 5) is 14.4. The van der Waals surface area contributed by atoms with Gasteiger partial charge in [0.2, 0.25) is 0 Å². The number of benzene rings is 2. The number of amides is 1. The van der Waals surface area contributed by atoms with Crippen molar-refractivity contribution in [2.24, 2.45) is 0 Å². The lowest BCUT2D eigenvalue weighted by atomic mass is 10.1. The minimum atomic E-state index is -4.67. The molecule has 2 N–H and O–H groups in total. The first-order valence-electron chi connectivity index (χ1n) is 8.49. The predicted octanol–water partition coefficient (Wildman–Crippen LogP) is 3.17. The molecule has 0 atom stereocenters. The lowest BCUT2D eigenvalue weighted by Gasteiger charge is -2.28. The Morgan fingerprint density at radius 1 is 1.11 bits per heavy atom. The van der Waals surface area contributed by atoms with Crippen LogP contribution in [-0.2, 0) is 10.9 Å². The maximum Gasteiger partial charge on any atom is 0.418 e. The van der Waals surface area contributed by atoms with Crippen LogP contribution in [0, 0.1) is 11.3 Å². The highest BCUT2D eigenvalue weighted by Crippen LogP contribution is 2.35. The number of ether oxygens (including phenoxy) is 1. The average molecular weight is 390 g/mol. The number of alkyl halides is 3. The Morgan fingerprint density at radius 3 is 2.39 bits per heavy atom. The summed E-state index contributed by atoms with van der Waals surface area (Å²) < 4.78 is 44.8. The molecular weight excluding hydrogens is 373 g/mol. The monoisotopic (exact) mass is 390 g/mol. The van der Waals surface area contributed by atoms with E-state index in [1.165, 1.54) is 6.07 Å². The molecule has 1 heterocycles. The van der Waals surface area contributed by atoms with Crippen LogP contribution in [0.3, 0.4) is 0 Å². The van der Waals surface area contributed by atoms with Crippen LogP contribution in [0.1, 0.15) is 21.5 Å². The van der Waals surface area contributed by atoms with E-state index in [4.69, 9.17) is 10.00 Å². The van der Waals surface area contributed by atoms with Crippen LogP contribution >= 0.6 is 0 Å². The summed E-state index contributed by atoms with van der Waals surface area (Å²) in [6.07, 6.45) is -4.67. The Balaban J connectivity index is 1.68. The predicted molar refractivity (Wildman–Crippen MR) is 96.7 cm³/mol. The molecule has 1 amide bonds. The zero-order chi connectivity index (χ0) is 20.1. The van der Waals surface area contributed by atoms with E-state index in [-0.39, 0.29) is 11.3 Å². The zero-order valence-corrected chi connectivity index (χ0v) is 14.7. The van der Waals surface area contributed by atoms with Crippen molar-refractivity contribution < 1.29 is 22.7 Å². The highest BCUT2D eigenvalue weighted by Gasteiger charge is 2.34. The van der Waals surface area contributed by atoms with Gasteiger partial charge in [0.15, 0.2) is 0 Å². The van der Waals surface area contributed by atoms with Gasteiger partial charge in [0.25, 0.3) is 5.91 Å². The highest BCUT2D eigenvalue weighted by molar-refractivity contribution is 5.95. The van der Waals surface area contributed by atoms with Crippen LogP contribution in [0.4, 0.5) is 24.5 Å². The summed E-state index contributed by atoms with van der Waals surface area (Å²) in [5.74, 6) is -0.578. The summed E-state index contributed by atoms with van der Waals surface area (Å²) in [5, 5.41) is 8.78. The lowest BCUT2D eigenvalue weighted by molar-refractivity contribution is -0.137. The molecule has 1 aliphatic rings. The van der Waals surface area contributed by atoms with Gasteiger partial charge in [-0.2, -0.15) is 18.4 Å². The van der Waals surface area contributed by atoms with Crippen molar-refractivity contribution in [3.05, 3.63) is 59.2 Å². The van der Waals surface area contributed by atoms with Crippen LogP contribution in [0.15, 0.2) is 42.5 Å². The van der Waals surface area contributed by atoms with Crippen molar-refractivity contribution in [1.29, 1.82) is 5.26 Å². The van der Waals surface area contributed by atoms with Crippen molar-refractivity contribution in [2.45, 2.75) is 6.18 Å². The van der Waals surface area contributed by atoms with Crippen LogP contribution in [0.2, 0.25) is 0 Å². The van der Waals surface area contributed by atoms with Crippen molar-refractivity contribution >= 4 is 17.3 Å². The van der Waals surface area contributed by atoms with E-state index in [0.717, 1.165) is 30.9 Å². The van der Waals surface area contributed by atoms with E-state index in [9.17, 15) is 18.0 Å². The largest absolute Gasteiger partial charge is 0.418 e. The molecule has 2 aromatic rings. The number of nitriles is 1. The number of nitrogens with zero attached hydrogens (tertiary/aromatic N) is 2. The molecule has 0 spiro atoms. The van der Waals surface area contributed by atoms with E-state index >= 15 is 0 Å². The van der Waals surface area contributed by atoms with Crippen LogP contribution in [0.25, 0.3) is 0 Å². The van der Waals surface area contributed by atoms with Crippen LogP contribution in [-0.4, -0.2) is 32.2 Å². The number of hydrogen-bond donors (Lipinski definition) is 2. The fraction of sp³-hybridized carbons (Fsp3) is 0.263. The minimum absolute atomic E-state index is 0.122. The number of morpholine rings is 1. The van der Waals surface area contributed by atoms with E-state index in [1.807, 2.05) is 0 Å². The second-order valence-electron chi connectivity index (χ2n) is 6.10. The number of halogens is 3. The summed E-state index contributed by atoms with van der Waals surface area (Å²) >= 11 is 0. The molecule has 3 rings (SSSR count). The number of hydrazine groups is 1. The van der Waals surface area contributed by atoms with Crippen molar-refractivity contribution in [3.8, 4) is 6.07 Å². The maximum atomic E-state index is 13.2. The molecule has 0 bridgehead atoms. The van der Waals surface area contributed by atoms with Gasteiger partial charge in [0.1, 0.15) is 0 Å². The first-order valence-corrected chi connectivity index (χ1v) is 8.49. The Morgan fingerprint density at radius 2 is 1.79 bits per heavy atom. The summed E-state index contributed by atoms with van der Waals surface area (Å²) in [6.45, 7) is 2.79. The molecule has 2 aromatic carbocycles. The molecule has 0 radical (unpaired) electrons. The van der Waals surface area contributed by atoms with Gasteiger partial charge >= 0.3 is 6.18 Å². The van der Waals surface area contributed by atoms with Gasteiger partial charge < -0.3 is 9.64 Å². The maximum absolute atomic E-state index is 13.2. The first-order chi connectivity index (χ1) is 13.4. The molecule has 28 heavy (non-hydrogen) atoms. The standard InChI is InChI=1S/C19H17F3N4O2/c20-19(21,22)16-11-13(12-23)1-6-17(16)24-25-18(27)14-2-4-15(5-3-14)26-7-9-28-10-8-26/h1-6,11,24H,7-10H2,(H,25,27). The third-order valence-corrected chi connectivity index (χ3v) is 4.27. The molecule has 0 aromatic heterocycles. The van der Waals surface area contributed by atoms with Gasteiger partial charge in [-0.3, -0.25) is 15.6 Å². The van der Waals surface area contributed by atoms with Gasteiger partial charge in [0, 0.05) is 24.3 Å². The smallest absolute Gasteiger partial charge is 0.378 e. The third kappa shape index (κ3) is 4.53. The second kappa shape index (κ2) is 8.19. The first kappa shape index (κ1) is 19.5. The Labute approximate surface area is 159 Å². The van der Waals surface area contributed by atoms with Crippen molar-refractivity contribution in [1.82, 2.24) is 5.43 Å². The summed E-state index contributed by atoms with van der Waals surface area (Å²) in [7, 11) is 0. The van der Waals surface area contributed by atoms with Gasteiger partial charge in [-0.15, -0.1) is 0 Å². The van der Waals surface area contributed by atoms with E-state index in [2.05, 4.69) is 15.8 Å². The fourth-order valence-corrected chi connectivity index (χ4v) is 2.80. The zero-order valence-electron chi connectivity index (χ0n) is 14.7. The average Bonchev–Trinajstić information content (AvgIpc) is 2.72. The van der Waals surface area contributed by atoms with E-state index < -0.39 is 17.6 Å². The number of hydrogen-bond acceptors (Lipinski definition) is 5. The normalized spacial score (nSPS) is 14.3.